The zero-order chi connectivity index (χ0) is 8.85. The molecule has 0 radical (unpaired) electrons. The van der Waals surface area contributed by atoms with Gasteiger partial charge in [0, 0.05) is 5.92 Å². The molecule has 0 bridgehead atoms. The van der Waals surface area contributed by atoms with Crippen molar-refractivity contribution in [1.82, 2.24) is 0 Å². The molecule has 0 unspecified atom stereocenters. The molecule has 1 atom stereocenters. The lowest BCUT2D eigenvalue weighted by Gasteiger charge is -2.13. The zero-order valence-electron chi connectivity index (χ0n) is 7.76. The van der Waals surface area contributed by atoms with Crippen LogP contribution in [0.1, 0.15) is 33.6 Å². The van der Waals surface area contributed by atoms with Crippen molar-refractivity contribution >= 4 is 6.29 Å². The lowest BCUT2D eigenvalue weighted by molar-refractivity contribution is -0.112. The van der Waals surface area contributed by atoms with E-state index in [9.17, 15) is 4.79 Å². The van der Waals surface area contributed by atoms with Crippen molar-refractivity contribution in [3.63, 3.8) is 0 Å². The van der Waals surface area contributed by atoms with Gasteiger partial charge in [-0.1, -0.05) is 19.4 Å². The van der Waals surface area contributed by atoms with Crippen molar-refractivity contribution < 1.29 is 4.79 Å². The van der Waals surface area contributed by atoms with Gasteiger partial charge in [0.1, 0.15) is 6.29 Å². The molecule has 0 aromatic heterocycles. The Balaban J connectivity index is 3.69. The average Bonchev–Trinajstić information content (AvgIpc) is 1.87. The summed E-state index contributed by atoms with van der Waals surface area (Å²) in [6.45, 7) is 9.97. The monoisotopic (exact) mass is 154 g/mol. The summed E-state index contributed by atoms with van der Waals surface area (Å²) in [7, 11) is 0. The molecule has 0 aliphatic heterocycles. The van der Waals surface area contributed by atoms with Crippen molar-refractivity contribution in [3.05, 3.63) is 12.2 Å². The highest BCUT2D eigenvalue weighted by Crippen LogP contribution is 2.16. The fraction of sp³-hybridized carbons (Fsp3) is 0.700. The minimum absolute atomic E-state index is 0.215. The van der Waals surface area contributed by atoms with Crippen molar-refractivity contribution in [2.24, 2.45) is 11.8 Å². The van der Waals surface area contributed by atoms with Gasteiger partial charge in [0.2, 0.25) is 0 Å². The normalized spacial score (nSPS) is 13.1. The molecule has 0 aromatic carbocycles. The minimum Gasteiger partial charge on any atom is -0.303 e. The maximum atomic E-state index is 10.5. The van der Waals surface area contributed by atoms with Crippen molar-refractivity contribution in [2.45, 2.75) is 33.6 Å². The quantitative estimate of drug-likeness (QED) is 0.439. The molecule has 11 heavy (non-hydrogen) atoms. The van der Waals surface area contributed by atoms with E-state index in [1.165, 1.54) is 0 Å². The van der Waals surface area contributed by atoms with Gasteiger partial charge in [0.15, 0.2) is 0 Å². The SMILES string of the molecule is C=C(C)CC[C@@H](C=O)C(C)C. The summed E-state index contributed by atoms with van der Waals surface area (Å²) in [6.07, 6.45) is 2.99. The molecule has 64 valence electrons. The van der Waals surface area contributed by atoms with Crippen LogP contribution in [0.2, 0.25) is 0 Å². The molecule has 0 saturated heterocycles. The standard InChI is InChI=1S/C10H18O/c1-8(2)5-6-10(7-11)9(3)4/h7,9-10H,1,5-6H2,2-4H3/t10-/m0/s1. The van der Waals surface area contributed by atoms with Crippen LogP contribution in [0.3, 0.4) is 0 Å². The van der Waals surface area contributed by atoms with Crippen LogP contribution in [0.4, 0.5) is 0 Å². The van der Waals surface area contributed by atoms with E-state index >= 15 is 0 Å². The minimum atomic E-state index is 0.215. The Morgan fingerprint density at radius 3 is 2.36 bits per heavy atom. The summed E-state index contributed by atoms with van der Waals surface area (Å²) in [5.74, 6) is 0.679. The molecule has 0 rings (SSSR count). The van der Waals surface area contributed by atoms with Crippen molar-refractivity contribution in [2.75, 3.05) is 0 Å². The molecule has 0 aliphatic carbocycles. The molecule has 1 nitrogen and oxygen atoms in total. The van der Waals surface area contributed by atoms with Crippen molar-refractivity contribution in [1.29, 1.82) is 0 Å². The third kappa shape index (κ3) is 4.77. The van der Waals surface area contributed by atoms with Crippen LogP contribution in [-0.2, 0) is 4.79 Å². The van der Waals surface area contributed by atoms with Gasteiger partial charge in [0.25, 0.3) is 0 Å². The molecule has 0 spiro atoms. The van der Waals surface area contributed by atoms with Gasteiger partial charge in [-0.15, -0.1) is 6.58 Å². The Kier molecular flexibility index (Phi) is 4.84. The van der Waals surface area contributed by atoms with Crippen LogP contribution in [0.5, 0.6) is 0 Å². The van der Waals surface area contributed by atoms with E-state index in [0.29, 0.717) is 5.92 Å². The molecular weight excluding hydrogens is 136 g/mol. The first kappa shape index (κ1) is 10.4. The highest BCUT2D eigenvalue weighted by molar-refractivity contribution is 5.53. The first-order chi connectivity index (χ1) is 5.07. The van der Waals surface area contributed by atoms with Gasteiger partial charge in [-0.25, -0.2) is 0 Å². The largest absolute Gasteiger partial charge is 0.303 e. The lowest BCUT2D eigenvalue weighted by Crippen LogP contribution is -2.09. The molecule has 0 amide bonds. The second kappa shape index (κ2) is 5.11. The fourth-order valence-corrected chi connectivity index (χ4v) is 0.972. The maximum absolute atomic E-state index is 10.5. The maximum Gasteiger partial charge on any atom is 0.123 e. The average molecular weight is 154 g/mol. The first-order valence-electron chi connectivity index (χ1n) is 4.17. The number of rotatable bonds is 5. The number of aldehydes is 1. The smallest absolute Gasteiger partial charge is 0.123 e. The second-order valence-electron chi connectivity index (χ2n) is 3.54. The fourth-order valence-electron chi connectivity index (χ4n) is 0.972. The number of hydrogen-bond donors (Lipinski definition) is 0. The summed E-state index contributed by atoms with van der Waals surface area (Å²) in [5, 5.41) is 0. The van der Waals surface area contributed by atoms with Gasteiger partial charge < -0.3 is 4.79 Å². The van der Waals surface area contributed by atoms with Gasteiger partial charge in [-0.2, -0.15) is 0 Å². The van der Waals surface area contributed by atoms with E-state index in [1.807, 2.05) is 6.92 Å². The Morgan fingerprint density at radius 1 is 1.55 bits per heavy atom. The Morgan fingerprint density at radius 2 is 2.09 bits per heavy atom. The molecule has 1 heteroatoms. The molecular formula is C10H18O. The zero-order valence-corrected chi connectivity index (χ0v) is 7.76. The lowest BCUT2D eigenvalue weighted by atomic mass is 9.91. The van der Waals surface area contributed by atoms with E-state index in [-0.39, 0.29) is 5.92 Å². The Hall–Kier alpha value is -0.590. The Labute approximate surface area is 69.5 Å². The van der Waals surface area contributed by atoms with Crippen LogP contribution in [0, 0.1) is 11.8 Å². The summed E-state index contributed by atoms with van der Waals surface area (Å²) >= 11 is 0. The van der Waals surface area contributed by atoms with Crippen LogP contribution >= 0.6 is 0 Å². The molecule has 0 fully saturated rings. The molecule has 0 heterocycles. The third-order valence-corrected chi connectivity index (χ3v) is 1.94. The molecule has 0 aromatic rings. The van der Waals surface area contributed by atoms with Crippen LogP contribution in [-0.4, -0.2) is 6.29 Å². The van der Waals surface area contributed by atoms with Crippen LogP contribution in [0.25, 0.3) is 0 Å². The summed E-state index contributed by atoms with van der Waals surface area (Å²) < 4.78 is 0. The van der Waals surface area contributed by atoms with Gasteiger partial charge in [-0.3, -0.25) is 0 Å². The van der Waals surface area contributed by atoms with Gasteiger partial charge in [0.05, 0.1) is 0 Å². The van der Waals surface area contributed by atoms with Crippen molar-refractivity contribution in [3.8, 4) is 0 Å². The third-order valence-electron chi connectivity index (χ3n) is 1.94. The molecule has 0 aliphatic rings. The topological polar surface area (TPSA) is 17.1 Å². The Bertz CT molecular complexity index is 136. The summed E-state index contributed by atoms with van der Waals surface area (Å²) in [5.41, 5.74) is 1.16. The van der Waals surface area contributed by atoms with Crippen LogP contribution in [0.15, 0.2) is 12.2 Å². The number of carbonyl (C=O) groups is 1. The predicted molar refractivity (Wildman–Crippen MR) is 48.4 cm³/mol. The molecule has 0 N–H and O–H groups in total. The van der Waals surface area contributed by atoms with E-state index < -0.39 is 0 Å². The predicted octanol–water partition coefficient (Wildman–Crippen LogP) is 2.81. The van der Waals surface area contributed by atoms with E-state index in [4.69, 9.17) is 0 Å². The van der Waals surface area contributed by atoms with Crippen LogP contribution < -0.4 is 0 Å². The summed E-state index contributed by atoms with van der Waals surface area (Å²) in [4.78, 5) is 10.5. The van der Waals surface area contributed by atoms with Gasteiger partial charge >= 0.3 is 0 Å². The highest BCUT2D eigenvalue weighted by atomic mass is 16.1. The molecule has 0 saturated carbocycles. The summed E-state index contributed by atoms with van der Waals surface area (Å²) in [6, 6.07) is 0. The van der Waals surface area contributed by atoms with Gasteiger partial charge in [-0.05, 0) is 25.7 Å². The second-order valence-corrected chi connectivity index (χ2v) is 3.54. The number of allylic oxidation sites excluding steroid dienone is 1. The number of hydrogen-bond acceptors (Lipinski definition) is 1. The van der Waals surface area contributed by atoms with E-state index in [0.717, 1.165) is 24.7 Å². The number of carbonyl (C=O) groups excluding carboxylic acids is 1. The van der Waals surface area contributed by atoms with E-state index in [2.05, 4.69) is 20.4 Å². The van der Waals surface area contributed by atoms with E-state index in [1.54, 1.807) is 0 Å². The highest BCUT2D eigenvalue weighted by Gasteiger charge is 2.10. The first-order valence-corrected chi connectivity index (χ1v) is 4.17.